The molecule has 1 saturated heterocycles. The third-order valence-corrected chi connectivity index (χ3v) is 2.74. The van der Waals surface area contributed by atoms with Crippen molar-refractivity contribution in [2.45, 2.75) is 25.9 Å². The van der Waals surface area contributed by atoms with Crippen molar-refractivity contribution in [2.75, 3.05) is 19.6 Å². The topological polar surface area (TPSA) is 66.6 Å². The molecule has 0 aromatic carbocycles. The lowest BCUT2D eigenvalue weighted by Crippen LogP contribution is -2.64. The van der Waals surface area contributed by atoms with Gasteiger partial charge in [0.05, 0.1) is 5.60 Å². The summed E-state index contributed by atoms with van der Waals surface area (Å²) in [6.45, 7) is 6.01. The molecule has 1 rings (SSSR count). The fourth-order valence-corrected chi connectivity index (χ4v) is 1.52. The molecular weight excluding hydrogens is 168 g/mol. The van der Waals surface area contributed by atoms with Crippen LogP contribution >= 0.6 is 0 Å². The average molecular weight is 186 g/mol. The lowest BCUT2D eigenvalue weighted by atomic mass is 9.83. The van der Waals surface area contributed by atoms with E-state index >= 15 is 0 Å². The van der Waals surface area contributed by atoms with Gasteiger partial charge < -0.3 is 10.8 Å². The van der Waals surface area contributed by atoms with Gasteiger partial charge in [-0.3, -0.25) is 9.69 Å². The maximum atomic E-state index is 10.5. The largest absolute Gasteiger partial charge is 0.387 e. The highest BCUT2D eigenvalue weighted by Gasteiger charge is 2.43. The lowest BCUT2D eigenvalue weighted by molar-refractivity contribution is -0.133. The standard InChI is InChI=1S/C9H18N2O2/c1-7(2)9(13)5-11(6-9)4-3-8(10)12/h7,13H,3-6H2,1-2H3,(H2,10,12). The Kier molecular flexibility index (Phi) is 2.93. The van der Waals surface area contributed by atoms with E-state index in [1.54, 1.807) is 0 Å². The van der Waals surface area contributed by atoms with Crippen LogP contribution in [0.2, 0.25) is 0 Å². The van der Waals surface area contributed by atoms with Crippen molar-refractivity contribution < 1.29 is 9.90 Å². The van der Waals surface area contributed by atoms with E-state index in [1.165, 1.54) is 0 Å². The fraction of sp³-hybridized carbons (Fsp3) is 0.889. The summed E-state index contributed by atoms with van der Waals surface area (Å²) in [5.74, 6) is -0.00249. The summed E-state index contributed by atoms with van der Waals surface area (Å²) in [4.78, 5) is 12.5. The maximum Gasteiger partial charge on any atom is 0.218 e. The van der Waals surface area contributed by atoms with Crippen molar-refractivity contribution in [1.82, 2.24) is 4.90 Å². The van der Waals surface area contributed by atoms with Crippen molar-refractivity contribution in [3.63, 3.8) is 0 Å². The predicted molar refractivity (Wildman–Crippen MR) is 50.0 cm³/mol. The first kappa shape index (κ1) is 10.5. The molecule has 0 unspecified atom stereocenters. The third kappa shape index (κ3) is 2.42. The van der Waals surface area contributed by atoms with Gasteiger partial charge >= 0.3 is 0 Å². The smallest absolute Gasteiger partial charge is 0.218 e. The zero-order chi connectivity index (χ0) is 10.1. The van der Waals surface area contributed by atoms with Crippen molar-refractivity contribution in [3.8, 4) is 0 Å². The molecule has 0 aromatic rings. The first-order chi connectivity index (χ1) is 5.94. The minimum atomic E-state index is -0.544. The summed E-state index contributed by atoms with van der Waals surface area (Å²) in [6.07, 6.45) is 0.383. The zero-order valence-corrected chi connectivity index (χ0v) is 8.29. The van der Waals surface area contributed by atoms with E-state index in [1.807, 2.05) is 18.7 Å². The number of nitrogens with zero attached hydrogens (tertiary/aromatic N) is 1. The van der Waals surface area contributed by atoms with E-state index in [0.29, 0.717) is 26.1 Å². The highest BCUT2D eigenvalue weighted by molar-refractivity contribution is 5.73. The Morgan fingerprint density at radius 2 is 2.15 bits per heavy atom. The molecule has 0 spiro atoms. The molecule has 0 saturated carbocycles. The number of carbonyl (C=O) groups excluding carboxylic acids is 1. The molecule has 4 nitrogen and oxygen atoms in total. The number of hydrogen-bond donors (Lipinski definition) is 2. The van der Waals surface area contributed by atoms with E-state index < -0.39 is 5.60 Å². The molecule has 0 atom stereocenters. The Labute approximate surface area is 78.7 Å². The van der Waals surface area contributed by atoms with E-state index in [9.17, 15) is 9.90 Å². The van der Waals surface area contributed by atoms with Crippen molar-refractivity contribution in [3.05, 3.63) is 0 Å². The first-order valence-corrected chi connectivity index (χ1v) is 4.67. The van der Waals surface area contributed by atoms with Crippen molar-refractivity contribution in [1.29, 1.82) is 0 Å². The molecule has 3 N–H and O–H groups in total. The molecule has 76 valence electrons. The quantitative estimate of drug-likeness (QED) is 0.625. The number of rotatable bonds is 4. The number of nitrogens with two attached hydrogens (primary N) is 1. The summed E-state index contributed by atoms with van der Waals surface area (Å²) in [5, 5.41) is 9.87. The molecule has 0 radical (unpaired) electrons. The number of carbonyl (C=O) groups is 1. The van der Waals surface area contributed by atoms with Gasteiger partial charge in [0, 0.05) is 26.1 Å². The minimum Gasteiger partial charge on any atom is -0.387 e. The van der Waals surface area contributed by atoms with Gasteiger partial charge in [0.25, 0.3) is 0 Å². The number of primary amides is 1. The van der Waals surface area contributed by atoms with Crippen LogP contribution in [0.4, 0.5) is 0 Å². The Hall–Kier alpha value is -0.610. The Morgan fingerprint density at radius 3 is 2.54 bits per heavy atom. The Morgan fingerprint density at radius 1 is 1.62 bits per heavy atom. The van der Waals surface area contributed by atoms with E-state index in [-0.39, 0.29) is 11.8 Å². The summed E-state index contributed by atoms with van der Waals surface area (Å²) < 4.78 is 0. The summed E-state index contributed by atoms with van der Waals surface area (Å²) >= 11 is 0. The van der Waals surface area contributed by atoms with Crippen molar-refractivity contribution >= 4 is 5.91 Å². The molecule has 0 aliphatic carbocycles. The van der Waals surface area contributed by atoms with Crippen LogP contribution in [0.5, 0.6) is 0 Å². The van der Waals surface area contributed by atoms with Gasteiger partial charge in [-0.15, -0.1) is 0 Å². The van der Waals surface area contributed by atoms with Gasteiger partial charge in [-0.1, -0.05) is 13.8 Å². The number of likely N-dealkylation sites (tertiary alicyclic amines) is 1. The van der Waals surface area contributed by atoms with Crippen LogP contribution < -0.4 is 5.73 Å². The summed E-state index contributed by atoms with van der Waals surface area (Å²) in [6, 6.07) is 0. The van der Waals surface area contributed by atoms with Crippen molar-refractivity contribution in [2.24, 2.45) is 11.7 Å². The normalized spacial score (nSPS) is 21.5. The number of β-amino-alcohol motifs (C(OH)–C–C–N with tert-alkyl or cyclic N) is 1. The molecule has 13 heavy (non-hydrogen) atoms. The van der Waals surface area contributed by atoms with Crippen LogP contribution in [0, 0.1) is 5.92 Å². The predicted octanol–water partition coefficient (Wildman–Crippen LogP) is -0.435. The van der Waals surface area contributed by atoms with Crippen LogP contribution in [0.3, 0.4) is 0 Å². The molecule has 1 heterocycles. The highest BCUT2D eigenvalue weighted by atomic mass is 16.3. The third-order valence-electron chi connectivity index (χ3n) is 2.74. The monoisotopic (exact) mass is 186 g/mol. The van der Waals surface area contributed by atoms with Gasteiger partial charge in [0.15, 0.2) is 0 Å². The Balaban J connectivity index is 2.21. The fourth-order valence-electron chi connectivity index (χ4n) is 1.52. The molecule has 0 bridgehead atoms. The summed E-state index contributed by atoms with van der Waals surface area (Å²) in [7, 11) is 0. The molecule has 1 aliphatic rings. The molecular formula is C9H18N2O2. The second-order valence-electron chi connectivity index (χ2n) is 4.19. The highest BCUT2D eigenvalue weighted by Crippen LogP contribution is 2.28. The second-order valence-corrected chi connectivity index (χ2v) is 4.19. The van der Waals surface area contributed by atoms with Gasteiger partial charge in [0.2, 0.25) is 5.91 Å². The van der Waals surface area contributed by atoms with E-state index in [2.05, 4.69) is 0 Å². The van der Waals surface area contributed by atoms with Crippen LogP contribution in [0.25, 0.3) is 0 Å². The van der Waals surface area contributed by atoms with Gasteiger partial charge in [-0.25, -0.2) is 0 Å². The van der Waals surface area contributed by atoms with Gasteiger partial charge in [-0.05, 0) is 5.92 Å². The van der Waals surface area contributed by atoms with Gasteiger partial charge in [-0.2, -0.15) is 0 Å². The van der Waals surface area contributed by atoms with Crippen LogP contribution in [-0.4, -0.2) is 41.1 Å². The Bertz CT molecular complexity index is 198. The van der Waals surface area contributed by atoms with Crippen LogP contribution in [0.15, 0.2) is 0 Å². The zero-order valence-electron chi connectivity index (χ0n) is 8.29. The first-order valence-electron chi connectivity index (χ1n) is 4.67. The maximum absolute atomic E-state index is 10.5. The number of hydrogen-bond acceptors (Lipinski definition) is 3. The molecule has 0 aromatic heterocycles. The molecule has 1 amide bonds. The summed E-state index contributed by atoms with van der Waals surface area (Å²) in [5.41, 5.74) is 4.47. The second kappa shape index (κ2) is 3.64. The number of amides is 1. The van der Waals surface area contributed by atoms with E-state index in [0.717, 1.165) is 0 Å². The van der Waals surface area contributed by atoms with Gasteiger partial charge in [0.1, 0.15) is 0 Å². The van der Waals surface area contributed by atoms with Crippen LogP contribution in [0.1, 0.15) is 20.3 Å². The lowest BCUT2D eigenvalue weighted by Gasteiger charge is -2.49. The number of aliphatic hydroxyl groups is 1. The molecule has 4 heteroatoms. The average Bonchev–Trinajstić information content (AvgIpc) is 1.95. The minimum absolute atomic E-state index is 0.275. The SMILES string of the molecule is CC(C)C1(O)CN(CCC(N)=O)C1. The van der Waals surface area contributed by atoms with Crippen LogP contribution in [-0.2, 0) is 4.79 Å². The molecule has 1 aliphatic heterocycles. The van der Waals surface area contributed by atoms with E-state index in [4.69, 9.17) is 5.73 Å². The molecule has 1 fully saturated rings.